The first-order valence-corrected chi connectivity index (χ1v) is 13.1. The quantitative estimate of drug-likeness (QED) is 0.174. The number of rotatable bonds is 18. The van der Waals surface area contributed by atoms with Gasteiger partial charge in [-0.3, -0.25) is 19.5 Å². The molecule has 29 heavy (non-hydrogen) atoms. The lowest BCUT2D eigenvalue weighted by molar-refractivity contribution is -0.125. The number of hydrogen-bond acceptors (Lipinski definition) is 4. The molecule has 1 heterocycles. The Morgan fingerprint density at radius 2 is 1.14 bits per heavy atom. The molecule has 7 heteroatoms. The minimum atomic E-state index is -4.60. The maximum absolute atomic E-state index is 11.9. The fourth-order valence-electron chi connectivity index (χ4n) is 4.12. The normalized spacial score (nSPS) is 19.7. The Bertz CT molecular complexity index is 590. The van der Waals surface area contributed by atoms with Gasteiger partial charge in [0.2, 0.25) is 5.91 Å². The lowest BCUT2D eigenvalue weighted by atomic mass is 9.97. The van der Waals surface area contributed by atoms with Gasteiger partial charge >= 0.3 is 0 Å². The highest BCUT2D eigenvalue weighted by molar-refractivity contribution is 7.88. The molecule has 0 aromatic carbocycles. The minimum absolute atomic E-state index is 0.00184. The molecule has 6 nitrogen and oxygen atoms in total. The first-order valence-electron chi connectivity index (χ1n) is 11.6. The molecule has 0 aromatic rings. The highest BCUT2D eigenvalue weighted by atomic mass is 32.2. The van der Waals surface area contributed by atoms with Crippen molar-refractivity contribution in [3.63, 3.8) is 0 Å². The van der Waals surface area contributed by atoms with E-state index in [9.17, 15) is 22.6 Å². The number of amides is 2. The molecule has 1 aliphatic rings. The third kappa shape index (κ3) is 9.60. The predicted octanol–water partition coefficient (Wildman–Crippen LogP) is 5.31. The summed E-state index contributed by atoms with van der Waals surface area (Å²) in [5.74, 6) is -1.52. The maximum atomic E-state index is 11.9. The number of nitrogens with one attached hydrogen (secondary N) is 1. The molecule has 1 unspecified atom stereocenters. The molecule has 0 radical (unpaired) electrons. The summed E-state index contributed by atoms with van der Waals surface area (Å²) in [6, 6.07) is 0. The Labute approximate surface area is 177 Å². The van der Waals surface area contributed by atoms with Gasteiger partial charge < -0.3 is 0 Å². The van der Waals surface area contributed by atoms with E-state index in [1.807, 2.05) is 5.32 Å². The van der Waals surface area contributed by atoms with Crippen LogP contribution >= 0.6 is 0 Å². The van der Waals surface area contributed by atoms with Crippen LogP contribution < -0.4 is 5.32 Å². The average molecular weight is 432 g/mol. The number of hydrogen-bond donors (Lipinski definition) is 2. The predicted molar refractivity (Wildman–Crippen MR) is 116 cm³/mol. The number of carbonyl (C=O) groups excluding carboxylic acids is 2. The van der Waals surface area contributed by atoms with E-state index in [2.05, 4.69) is 6.92 Å². The van der Waals surface area contributed by atoms with E-state index in [0.717, 1.165) is 19.3 Å². The van der Waals surface area contributed by atoms with Crippen LogP contribution in [-0.4, -0.2) is 29.5 Å². The minimum Gasteiger partial charge on any atom is -0.295 e. The van der Waals surface area contributed by atoms with E-state index in [0.29, 0.717) is 6.42 Å². The fraction of sp³-hybridized carbons (Fsp3) is 0.909. The van der Waals surface area contributed by atoms with Crippen molar-refractivity contribution in [1.82, 2.24) is 5.32 Å². The van der Waals surface area contributed by atoms with Gasteiger partial charge in [0.1, 0.15) is 0 Å². The van der Waals surface area contributed by atoms with Crippen molar-refractivity contribution in [2.75, 3.05) is 0 Å². The van der Waals surface area contributed by atoms with E-state index in [1.54, 1.807) is 0 Å². The van der Waals surface area contributed by atoms with Crippen molar-refractivity contribution in [1.29, 1.82) is 0 Å². The second-order valence-corrected chi connectivity index (χ2v) is 10.3. The summed E-state index contributed by atoms with van der Waals surface area (Å²) in [4.78, 5) is 23.3. The van der Waals surface area contributed by atoms with Crippen LogP contribution in [0.3, 0.4) is 0 Å². The molecule has 1 aliphatic heterocycles. The molecule has 2 N–H and O–H groups in total. The van der Waals surface area contributed by atoms with Crippen LogP contribution in [0.25, 0.3) is 0 Å². The first kappa shape index (κ1) is 26.1. The average Bonchev–Trinajstić information content (AvgIpc) is 2.95. The lowest BCUT2D eigenvalue weighted by Gasteiger charge is -2.21. The van der Waals surface area contributed by atoms with Gasteiger partial charge in [-0.1, -0.05) is 110 Å². The van der Waals surface area contributed by atoms with Crippen LogP contribution in [0.15, 0.2) is 0 Å². The van der Waals surface area contributed by atoms with Gasteiger partial charge in [-0.25, -0.2) is 0 Å². The van der Waals surface area contributed by atoms with Crippen LogP contribution in [-0.2, 0) is 19.7 Å². The Morgan fingerprint density at radius 3 is 1.45 bits per heavy atom. The fourth-order valence-corrected chi connectivity index (χ4v) is 5.12. The molecule has 1 fully saturated rings. The van der Waals surface area contributed by atoms with Crippen molar-refractivity contribution in [2.45, 2.75) is 127 Å². The zero-order chi connectivity index (χ0) is 21.6. The van der Waals surface area contributed by atoms with Crippen molar-refractivity contribution in [3.8, 4) is 0 Å². The first-order chi connectivity index (χ1) is 13.8. The monoisotopic (exact) mass is 431 g/mol. The second kappa shape index (κ2) is 14.1. The standard InChI is InChI=1S/C22H41NO5S/c1-2-3-4-5-6-7-8-9-10-11-12-13-14-15-16-17-18-22(29(26,27)28)19-20(24)23-21(22)25/h2-19H2,1H3,(H,23,24,25)(H,26,27,28). The Kier molecular flexibility index (Phi) is 12.7. The molecule has 2 amide bonds. The molecular formula is C22H41NO5S. The third-order valence-corrected chi connectivity index (χ3v) is 7.56. The van der Waals surface area contributed by atoms with Crippen molar-refractivity contribution in [2.24, 2.45) is 0 Å². The van der Waals surface area contributed by atoms with Crippen LogP contribution in [0, 0.1) is 0 Å². The maximum Gasteiger partial charge on any atom is 0.280 e. The summed E-state index contributed by atoms with van der Waals surface area (Å²) < 4.78 is 30.8. The molecule has 170 valence electrons. The zero-order valence-corrected chi connectivity index (χ0v) is 19.0. The van der Waals surface area contributed by atoms with Crippen molar-refractivity contribution < 1.29 is 22.6 Å². The van der Waals surface area contributed by atoms with Gasteiger partial charge in [0.25, 0.3) is 16.0 Å². The molecule has 0 saturated carbocycles. The topological polar surface area (TPSA) is 101 Å². The van der Waals surface area contributed by atoms with E-state index >= 15 is 0 Å². The van der Waals surface area contributed by atoms with Crippen LogP contribution in [0.4, 0.5) is 0 Å². The van der Waals surface area contributed by atoms with Crippen molar-refractivity contribution >= 4 is 21.9 Å². The molecule has 1 rings (SSSR count). The van der Waals surface area contributed by atoms with Crippen molar-refractivity contribution in [3.05, 3.63) is 0 Å². The Morgan fingerprint density at radius 1 is 0.759 bits per heavy atom. The van der Waals surface area contributed by atoms with Crippen LogP contribution in [0.1, 0.15) is 122 Å². The summed E-state index contributed by atoms with van der Waals surface area (Å²) >= 11 is 0. The highest BCUT2D eigenvalue weighted by Crippen LogP contribution is 2.32. The summed E-state index contributed by atoms with van der Waals surface area (Å²) in [5, 5.41) is 2.00. The van der Waals surface area contributed by atoms with Gasteiger partial charge in [0.15, 0.2) is 4.75 Å². The molecule has 0 aliphatic carbocycles. The van der Waals surface area contributed by atoms with E-state index < -0.39 is 33.1 Å². The molecule has 0 aromatic heterocycles. The smallest absolute Gasteiger partial charge is 0.280 e. The molecule has 1 saturated heterocycles. The number of imide groups is 1. The lowest BCUT2D eigenvalue weighted by Crippen LogP contribution is -2.45. The zero-order valence-electron chi connectivity index (χ0n) is 18.2. The summed E-state index contributed by atoms with van der Waals surface area (Å²) in [6.45, 7) is 2.25. The van der Waals surface area contributed by atoms with Gasteiger partial charge in [0, 0.05) is 0 Å². The highest BCUT2D eigenvalue weighted by Gasteiger charge is 2.55. The van der Waals surface area contributed by atoms with Gasteiger partial charge in [0.05, 0.1) is 6.42 Å². The third-order valence-electron chi connectivity index (χ3n) is 6.04. The second-order valence-electron chi connectivity index (χ2n) is 8.58. The van der Waals surface area contributed by atoms with Gasteiger partial charge in [-0.2, -0.15) is 8.42 Å². The Hall–Kier alpha value is -0.950. The molecular weight excluding hydrogens is 390 g/mol. The summed E-state index contributed by atoms with van der Waals surface area (Å²) in [6.07, 6.45) is 18.9. The molecule has 0 bridgehead atoms. The molecule has 0 spiro atoms. The molecule has 1 atom stereocenters. The van der Waals surface area contributed by atoms with E-state index in [4.69, 9.17) is 0 Å². The summed E-state index contributed by atoms with van der Waals surface area (Å²) in [7, 11) is -4.60. The Balaban J connectivity index is 1.98. The number of unbranched alkanes of at least 4 members (excludes halogenated alkanes) is 15. The largest absolute Gasteiger partial charge is 0.295 e. The number of carbonyl (C=O) groups is 2. The summed E-state index contributed by atoms with van der Waals surface area (Å²) in [5.41, 5.74) is 0. The van der Waals surface area contributed by atoms with Gasteiger partial charge in [-0.15, -0.1) is 0 Å². The van der Waals surface area contributed by atoms with E-state index in [1.165, 1.54) is 77.0 Å². The SMILES string of the molecule is CCCCCCCCCCCCCCCCCCC1(S(=O)(=O)O)CC(=O)NC1=O. The van der Waals surface area contributed by atoms with Crippen LogP contribution in [0.2, 0.25) is 0 Å². The van der Waals surface area contributed by atoms with Gasteiger partial charge in [-0.05, 0) is 6.42 Å². The van der Waals surface area contributed by atoms with E-state index in [-0.39, 0.29) is 6.42 Å². The van der Waals surface area contributed by atoms with Crippen LogP contribution in [0.5, 0.6) is 0 Å².